The highest BCUT2D eigenvalue weighted by Gasteiger charge is 2.19. The first kappa shape index (κ1) is 13.3. The van der Waals surface area contributed by atoms with E-state index in [4.69, 9.17) is 0 Å². The molecule has 1 aromatic rings. The molecule has 1 N–H and O–H groups in total. The van der Waals surface area contributed by atoms with Crippen molar-refractivity contribution >= 4 is 0 Å². The molecule has 1 aliphatic rings. The summed E-state index contributed by atoms with van der Waals surface area (Å²) in [6, 6.07) is 0.813. The molecule has 1 fully saturated rings. The maximum atomic E-state index is 4.31. The summed E-state index contributed by atoms with van der Waals surface area (Å²) < 4.78 is 2.01. The van der Waals surface area contributed by atoms with E-state index in [1.165, 1.54) is 12.8 Å². The number of hydrogen-bond acceptors (Lipinski definition) is 3. The number of nitrogens with zero attached hydrogens (tertiary/aromatic N) is 3. The van der Waals surface area contributed by atoms with Gasteiger partial charge in [0, 0.05) is 19.0 Å². The first-order chi connectivity index (χ1) is 8.75. The minimum atomic E-state index is 0.608. The van der Waals surface area contributed by atoms with Crippen molar-refractivity contribution in [1.82, 2.24) is 20.1 Å². The van der Waals surface area contributed by atoms with Crippen LogP contribution in [0.5, 0.6) is 0 Å². The SMILES string of the molecule is CC(C)Cn1ncnc1CC=CCCNC1CC1. The summed E-state index contributed by atoms with van der Waals surface area (Å²) in [7, 11) is 0. The maximum absolute atomic E-state index is 4.31. The molecule has 0 bridgehead atoms. The van der Waals surface area contributed by atoms with Gasteiger partial charge in [0.25, 0.3) is 0 Å². The third kappa shape index (κ3) is 4.61. The van der Waals surface area contributed by atoms with Gasteiger partial charge in [-0.15, -0.1) is 0 Å². The van der Waals surface area contributed by atoms with Crippen LogP contribution >= 0.6 is 0 Å². The van der Waals surface area contributed by atoms with Crippen LogP contribution in [0.15, 0.2) is 18.5 Å². The zero-order chi connectivity index (χ0) is 12.8. The van der Waals surface area contributed by atoms with Gasteiger partial charge in [-0.05, 0) is 31.7 Å². The number of nitrogens with one attached hydrogen (secondary N) is 1. The lowest BCUT2D eigenvalue weighted by atomic mass is 10.2. The number of aromatic nitrogens is 3. The number of rotatable bonds is 8. The lowest BCUT2D eigenvalue weighted by molar-refractivity contribution is 0.469. The van der Waals surface area contributed by atoms with Crippen molar-refractivity contribution in [2.75, 3.05) is 6.54 Å². The fourth-order valence-electron chi connectivity index (χ4n) is 1.91. The van der Waals surface area contributed by atoms with Crippen LogP contribution in [0.3, 0.4) is 0 Å². The minimum absolute atomic E-state index is 0.608. The topological polar surface area (TPSA) is 42.7 Å². The second-order valence-corrected chi connectivity index (χ2v) is 5.44. The Kier molecular flexibility index (Phi) is 4.93. The molecule has 1 aromatic heterocycles. The molecule has 1 heterocycles. The molecule has 0 saturated heterocycles. The van der Waals surface area contributed by atoms with Gasteiger partial charge in [0.15, 0.2) is 0 Å². The Morgan fingerprint density at radius 1 is 1.44 bits per heavy atom. The van der Waals surface area contributed by atoms with Crippen LogP contribution in [0, 0.1) is 5.92 Å². The van der Waals surface area contributed by atoms with E-state index in [2.05, 4.69) is 41.4 Å². The van der Waals surface area contributed by atoms with E-state index in [9.17, 15) is 0 Å². The quantitative estimate of drug-likeness (QED) is 0.566. The van der Waals surface area contributed by atoms with Crippen LogP contribution in [-0.4, -0.2) is 27.4 Å². The molecule has 0 spiro atoms. The molecule has 18 heavy (non-hydrogen) atoms. The van der Waals surface area contributed by atoms with Gasteiger partial charge in [0.1, 0.15) is 12.2 Å². The van der Waals surface area contributed by atoms with E-state index in [0.29, 0.717) is 5.92 Å². The molecule has 4 heteroatoms. The van der Waals surface area contributed by atoms with Crippen molar-refractivity contribution in [3.8, 4) is 0 Å². The summed E-state index contributed by atoms with van der Waals surface area (Å²) in [6.07, 6.45) is 10.8. The van der Waals surface area contributed by atoms with Crippen molar-refractivity contribution in [3.63, 3.8) is 0 Å². The van der Waals surface area contributed by atoms with Gasteiger partial charge < -0.3 is 5.32 Å². The second kappa shape index (κ2) is 6.69. The van der Waals surface area contributed by atoms with Gasteiger partial charge in [-0.1, -0.05) is 26.0 Å². The largest absolute Gasteiger partial charge is 0.314 e. The third-order valence-electron chi connectivity index (χ3n) is 3.02. The Hall–Kier alpha value is -1.16. The van der Waals surface area contributed by atoms with Crippen molar-refractivity contribution in [2.45, 2.75) is 52.1 Å². The summed E-state index contributed by atoms with van der Waals surface area (Å²) >= 11 is 0. The Balaban J connectivity index is 1.67. The predicted octanol–water partition coefficient (Wildman–Crippen LogP) is 2.17. The molecule has 0 amide bonds. The van der Waals surface area contributed by atoms with E-state index in [-0.39, 0.29) is 0 Å². The highest BCUT2D eigenvalue weighted by Crippen LogP contribution is 2.18. The molecule has 0 aromatic carbocycles. The molecule has 0 radical (unpaired) electrons. The monoisotopic (exact) mass is 248 g/mol. The Morgan fingerprint density at radius 2 is 2.28 bits per heavy atom. The summed E-state index contributed by atoms with van der Waals surface area (Å²) in [5.41, 5.74) is 0. The normalized spacial score (nSPS) is 15.9. The zero-order valence-electron chi connectivity index (χ0n) is 11.5. The van der Waals surface area contributed by atoms with Crippen molar-refractivity contribution in [2.24, 2.45) is 5.92 Å². The van der Waals surface area contributed by atoms with E-state index >= 15 is 0 Å². The summed E-state index contributed by atoms with van der Waals surface area (Å²) in [5.74, 6) is 1.67. The minimum Gasteiger partial charge on any atom is -0.314 e. The van der Waals surface area contributed by atoms with Gasteiger partial charge in [-0.25, -0.2) is 9.67 Å². The van der Waals surface area contributed by atoms with Crippen LogP contribution in [0.2, 0.25) is 0 Å². The molecule has 0 aliphatic heterocycles. The van der Waals surface area contributed by atoms with Crippen LogP contribution in [0.25, 0.3) is 0 Å². The van der Waals surface area contributed by atoms with Crippen LogP contribution in [-0.2, 0) is 13.0 Å². The van der Waals surface area contributed by atoms with E-state index in [0.717, 1.165) is 37.8 Å². The fraction of sp³-hybridized carbons (Fsp3) is 0.714. The maximum Gasteiger partial charge on any atom is 0.138 e. The van der Waals surface area contributed by atoms with E-state index in [1.54, 1.807) is 6.33 Å². The van der Waals surface area contributed by atoms with Crippen molar-refractivity contribution in [1.29, 1.82) is 0 Å². The van der Waals surface area contributed by atoms with Gasteiger partial charge >= 0.3 is 0 Å². The first-order valence-corrected chi connectivity index (χ1v) is 7.00. The molecule has 100 valence electrons. The summed E-state index contributed by atoms with van der Waals surface area (Å²) in [6.45, 7) is 6.45. The molecule has 0 unspecified atom stereocenters. The first-order valence-electron chi connectivity index (χ1n) is 7.00. The molecular formula is C14H24N4. The van der Waals surface area contributed by atoms with Gasteiger partial charge in [0.05, 0.1) is 0 Å². The molecule has 4 nitrogen and oxygen atoms in total. The Morgan fingerprint density at radius 3 is 3.00 bits per heavy atom. The Labute approximate surface area is 109 Å². The van der Waals surface area contributed by atoms with Crippen molar-refractivity contribution in [3.05, 3.63) is 24.3 Å². The third-order valence-corrected chi connectivity index (χ3v) is 3.02. The fourth-order valence-corrected chi connectivity index (χ4v) is 1.91. The second-order valence-electron chi connectivity index (χ2n) is 5.44. The number of allylic oxidation sites excluding steroid dienone is 1. The average molecular weight is 248 g/mol. The molecule has 2 rings (SSSR count). The highest BCUT2D eigenvalue weighted by molar-refractivity contribution is 4.96. The molecule has 1 aliphatic carbocycles. The lowest BCUT2D eigenvalue weighted by Crippen LogP contribution is -2.16. The predicted molar refractivity (Wildman–Crippen MR) is 73.3 cm³/mol. The van der Waals surface area contributed by atoms with Gasteiger partial charge in [-0.3, -0.25) is 0 Å². The summed E-state index contributed by atoms with van der Waals surface area (Å²) in [5, 5.41) is 7.77. The van der Waals surface area contributed by atoms with Crippen LogP contribution in [0.4, 0.5) is 0 Å². The molecular weight excluding hydrogens is 224 g/mol. The average Bonchev–Trinajstić information content (AvgIpc) is 3.05. The lowest BCUT2D eigenvalue weighted by Gasteiger charge is -2.06. The van der Waals surface area contributed by atoms with Crippen molar-refractivity contribution < 1.29 is 0 Å². The van der Waals surface area contributed by atoms with Crippen LogP contribution < -0.4 is 5.32 Å². The molecule has 1 saturated carbocycles. The number of hydrogen-bond donors (Lipinski definition) is 1. The zero-order valence-corrected chi connectivity index (χ0v) is 11.5. The van der Waals surface area contributed by atoms with Gasteiger partial charge in [0.2, 0.25) is 0 Å². The van der Waals surface area contributed by atoms with E-state index < -0.39 is 0 Å². The smallest absolute Gasteiger partial charge is 0.138 e. The molecule has 0 atom stereocenters. The van der Waals surface area contributed by atoms with Gasteiger partial charge in [-0.2, -0.15) is 5.10 Å². The summed E-state index contributed by atoms with van der Waals surface area (Å²) in [4.78, 5) is 4.31. The van der Waals surface area contributed by atoms with E-state index in [1.807, 2.05) is 4.68 Å². The standard InChI is InChI=1S/C14H24N4/c1-12(2)10-18-14(16-11-17-18)6-4-3-5-9-15-13-7-8-13/h3-4,11-13,15H,5-10H2,1-2H3. The highest BCUT2D eigenvalue weighted by atomic mass is 15.3. The Bertz CT molecular complexity index is 377. The van der Waals surface area contributed by atoms with Crippen LogP contribution in [0.1, 0.15) is 38.9 Å².